The van der Waals surface area contributed by atoms with E-state index in [1.807, 2.05) is 6.92 Å². The van der Waals surface area contributed by atoms with E-state index >= 15 is 0 Å². The van der Waals surface area contributed by atoms with Crippen molar-refractivity contribution < 1.29 is 19.4 Å². The lowest BCUT2D eigenvalue weighted by Gasteiger charge is -2.29. The third-order valence-electron chi connectivity index (χ3n) is 4.67. The second-order valence-electron chi connectivity index (χ2n) is 6.45. The molecule has 1 saturated heterocycles. The maximum absolute atomic E-state index is 11.8. The van der Waals surface area contributed by atoms with E-state index in [-0.39, 0.29) is 23.5 Å². The Kier molecular flexibility index (Phi) is 5.45. The van der Waals surface area contributed by atoms with Crippen LogP contribution in [0.5, 0.6) is 0 Å². The van der Waals surface area contributed by atoms with Gasteiger partial charge in [-0.25, -0.2) is 4.79 Å². The Hall–Kier alpha value is -1.30. The average molecular weight is 298 g/mol. The van der Waals surface area contributed by atoms with Gasteiger partial charge in [-0.2, -0.15) is 0 Å². The van der Waals surface area contributed by atoms with Gasteiger partial charge in [-0.3, -0.25) is 4.79 Å². The molecule has 0 aromatic rings. The number of aliphatic carboxylic acids is 1. The summed E-state index contributed by atoms with van der Waals surface area (Å²) < 4.78 is 5.61. The number of hydrogen-bond donors (Lipinski definition) is 3. The molecule has 2 aliphatic rings. The number of amides is 2. The number of carboxylic acids is 1. The van der Waals surface area contributed by atoms with Crippen LogP contribution in [0.3, 0.4) is 0 Å². The minimum Gasteiger partial charge on any atom is -0.481 e. The molecule has 3 unspecified atom stereocenters. The second-order valence-corrected chi connectivity index (χ2v) is 6.45. The molecule has 6 nitrogen and oxygen atoms in total. The Morgan fingerprint density at radius 3 is 2.67 bits per heavy atom. The molecule has 6 heteroatoms. The van der Waals surface area contributed by atoms with Gasteiger partial charge >= 0.3 is 12.0 Å². The van der Waals surface area contributed by atoms with Gasteiger partial charge in [0.15, 0.2) is 0 Å². The van der Waals surface area contributed by atoms with E-state index in [1.165, 1.54) is 0 Å². The summed E-state index contributed by atoms with van der Waals surface area (Å²) >= 11 is 0. The first-order valence-corrected chi connectivity index (χ1v) is 7.89. The molecule has 0 bridgehead atoms. The van der Waals surface area contributed by atoms with E-state index in [1.54, 1.807) is 0 Å². The van der Waals surface area contributed by atoms with Crippen LogP contribution < -0.4 is 10.6 Å². The quantitative estimate of drug-likeness (QED) is 0.721. The maximum atomic E-state index is 11.8. The van der Waals surface area contributed by atoms with Gasteiger partial charge in [-0.05, 0) is 38.5 Å². The number of hydrogen-bond acceptors (Lipinski definition) is 3. The van der Waals surface area contributed by atoms with E-state index in [0.29, 0.717) is 13.1 Å². The molecule has 0 aromatic carbocycles. The minimum atomic E-state index is -0.742. The molecule has 0 spiro atoms. The highest BCUT2D eigenvalue weighted by molar-refractivity contribution is 5.74. The Bertz CT molecular complexity index is 380. The Balaban J connectivity index is 1.71. The molecule has 3 N–H and O–H groups in total. The number of urea groups is 1. The number of carboxylic acid groups (broad SMARTS) is 1. The smallest absolute Gasteiger partial charge is 0.314 e. The average Bonchev–Trinajstić information content (AvgIpc) is 2.90. The Labute approximate surface area is 125 Å². The highest BCUT2D eigenvalue weighted by atomic mass is 16.5. The Morgan fingerprint density at radius 1 is 1.24 bits per heavy atom. The van der Waals surface area contributed by atoms with E-state index in [0.717, 1.165) is 45.1 Å². The second kappa shape index (κ2) is 7.11. The molecule has 0 aromatic heterocycles. The summed E-state index contributed by atoms with van der Waals surface area (Å²) in [6, 6.07) is -0.235. The minimum absolute atomic E-state index is 0.0420. The highest BCUT2D eigenvalue weighted by Gasteiger charge is 2.32. The van der Waals surface area contributed by atoms with Crippen molar-refractivity contribution in [3.63, 3.8) is 0 Å². The summed E-state index contributed by atoms with van der Waals surface area (Å²) in [5.74, 6) is -1.02. The van der Waals surface area contributed by atoms with Gasteiger partial charge in [0, 0.05) is 19.7 Å². The van der Waals surface area contributed by atoms with Crippen molar-refractivity contribution in [2.24, 2.45) is 11.8 Å². The third-order valence-corrected chi connectivity index (χ3v) is 4.67. The number of carbonyl (C=O) groups is 2. The zero-order valence-electron chi connectivity index (χ0n) is 12.7. The summed E-state index contributed by atoms with van der Waals surface area (Å²) in [7, 11) is 0. The van der Waals surface area contributed by atoms with Crippen LogP contribution in [0.4, 0.5) is 4.79 Å². The molecular weight excluding hydrogens is 272 g/mol. The lowest BCUT2D eigenvalue weighted by Crippen LogP contribution is -2.46. The fourth-order valence-electron chi connectivity index (χ4n) is 3.31. The fourth-order valence-corrected chi connectivity index (χ4v) is 3.31. The van der Waals surface area contributed by atoms with E-state index in [2.05, 4.69) is 10.6 Å². The van der Waals surface area contributed by atoms with Crippen molar-refractivity contribution >= 4 is 12.0 Å². The molecular formula is C15H26N2O4. The Morgan fingerprint density at radius 2 is 2.00 bits per heavy atom. The van der Waals surface area contributed by atoms with Crippen LogP contribution in [0.15, 0.2) is 0 Å². The molecule has 21 heavy (non-hydrogen) atoms. The predicted octanol–water partition coefficient (Wildman–Crippen LogP) is 1.75. The zero-order valence-corrected chi connectivity index (χ0v) is 12.7. The topological polar surface area (TPSA) is 87.7 Å². The molecule has 120 valence electrons. The van der Waals surface area contributed by atoms with Crippen LogP contribution in [-0.2, 0) is 9.53 Å². The van der Waals surface area contributed by atoms with Crippen LogP contribution in [-0.4, -0.2) is 42.4 Å². The van der Waals surface area contributed by atoms with Crippen LogP contribution in [0, 0.1) is 11.8 Å². The maximum Gasteiger partial charge on any atom is 0.314 e. The van der Waals surface area contributed by atoms with Gasteiger partial charge in [0.1, 0.15) is 0 Å². The molecule has 2 fully saturated rings. The summed E-state index contributed by atoms with van der Waals surface area (Å²) in [5.41, 5.74) is -0.258. The van der Waals surface area contributed by atoms with Gasteiger partial charge in [-0.15, -0.1) is 0 Å². The van der Waals surface area contributed by atoms with E-state index in [9.17, 15) is 14.7 Å². The molecule has 1 aliphatic heterocycles. The monoisotopic (exact) mass is 298 g/mol. The first-order chi connectivity index (χ1) is 10.0. The van der Waals surface area contributed by atoms with Gasteiger partial charge in [0.05, 0.1) is 11.5 Å². The van der Waals surface area contributed by atoms with E-state index in [4.69, 9.17) is 4.74 Å². The molecule has 3 atom stereocenters. The summed E-state index contributed by atoms with van der Waals surface area (Å²) in [4.78, 5) is 23.0. The summed E-state index contributed by atoms with van der Waals surface area (Å²) in [6.45, 7) is 3.68. The van der Waals surface area contributed by atoms with Gasteiger partial charge < -0.3 is 20.5 Å². The number of nitrogens with one attached hydrogen (secondary N) is 2. The molecule has 0 radical (unpaired) electrons. The van der Waals surface area contributed by atoms with Crippen molar-refractivity contribution in [3.05, 3.63) is 0 Å². The van der Waals surface area contributed by atoms with Crippen LogP contribution >= 0.6 is 0 Å². The van der Waals surface area contributed by atoms with Crippen LogP contribution in [0.2, 0.25) is 0 Å². The van der Waals surface area contributed by atoms with Crippen LogP contribution in [0.25, 0.3) is 0 Å². The predicted molar refractivity (Wildman–Crippen MR) is 78.1 cm³/mol. The van der Waals surface area contributed by atoms with Crippen molar-refractivity contribution in [1.82, 2.24) is 10.6 Å². The zero-order chi connectivity index (χ0) is 15.3. The molecule has 1 aliphatic carbocycles. The standard InChI is InChI=1S/C15H26N2O4/c1-15(7-4-8-21-15)10-17-14(20)16-9-11-5-2-3-6-12(11)13(18)19/h11-12H,2-10H2,1H3,(H,18,19)(H2,16,17,20). The molecule has 2 rings (SSSR count). The molecule has 1 heterocycles. The van der Waals surface area contributed by atoms with E-state index < -0.39 is 5.97 Å². The fraction of sp³-hybridized carbons (Fsp3) is 0.867. The van der Waals surface area contributed by atoms with Crippen molar-refractivity contribution in [2.45, 2.75) is 51.0 Å². The summed E-state index contributed by atoms with van der Waals surface area (Å²) in [6.07, 6.45) is 5.59. The van der Waals surface area contributed by atoms with Gasteiger partial charge in [0.25, 0.3) is 0 Å². The summed E-state index contributed by atoms with van der Waals surface area (Å²) in [5, 5.41) is 14.8. The lowest BCUT2D eigenvalue weighted by molar-refractivity contribution is -0.144. The van der Waals surface area contributed by atoms with Gasteiger partial charge in [0.2, 0.25) is 0 Å². The third kappa shape index (κ3) is 4.59. The van der Waals surface area contributed by atoms with Crippen molar-refractivity contribution in [3.8, 4) is 0 Å². The normalized spacial score (nSPS) is 32.6. The molecule has 2 amide bonds. The number of carbonyl (C=O) groups excluding carboxylic acids is 1. The highest BCUT2D eigenvalue weighted by Crippen LogP contribution is 2.29. The number of rotatable bonds is 5. The van der Waals surface area contributed by atoms with Crippen molar-refractivity contribution in [2.75, 3.05) is 19.7 Å². The number of ether oxygens (including phenoxy) is 1. The SMILES string of the molecule is CC1(CNC(=O)NCC2CCCCC2C(=O)O)CCCO1. The van der Waals surface area contributed by atoms with Gasteiger partial charge in [-0.1, -0.05) is 12.8 Å². The first-order valence-electron chi connectivity index (χ1n) is 7.89. The largest absolute Gasteiger partial charge is 0.481 e. The lowest BCUT2D eigenvalue weighted by atomic mass is 9.79. The van der Waals surface area contributed by atoms with Crippen molar-refractivity contribution in [1.29, 1.82) is 0 Å². The first kappa shape index (κ1) is 16.1. The molecule has 1 saturated carbocycles. The van der Waals surface area contributed by atoms with Crippen LogP contribution in [0.1, 0.15) is 45.4 Å².